The fourth-order valence-electron chi connectivity index (χ4n) is 2.69. The van der Waals surface area contributed by atoms with Gasteiger partial charge in [-0.15, -0.1) is 0 Å². The van der Waals surface area contributed by atoms with Gasteiger partial charge in [0, 0.05) is 12.1 Å². The summed E-state index contributed by atoms with van der Waals surface area (Å²) in [4.78, 5) is 0. The van der Waals surface area contributed by atoms with E-state index in [2.05, 4.69) is 18.0 Å². The van der Waals surface area contributed by atoms with Gasteiger partial charge in [-0.2, -0.15) is 0 Å². The Morgan fingerprint density at radius 3 is 2.76 bits per heavy atom. The van der Waals surface area contributed by atoms with Crippen molar-refractivity contribution in [2.24, 2.45) is 0 Å². The lowest BCUT2D eigenvalue weighted by atomic mass is 9.88. The number of benzene rings is 2. The van der Waals surface area contributed by atoms with E-state index in [1.807, 2.05) is 42.5 Å². The van der Waals surface area contributed by atoms with Crippen LogP contribution in [0.1, 0.15) is 17.5 Å². The summed E-state index contributed by atoms with van der Waals surface area (Å²) in [5, 5.41) is 13.1. The van der Waals surface area contributed by atoms with Crippen LogP contribution >= 0.6 is 0 Å². The molecule has 3 rings (SSSR count). The molecule has 108 valence electrons. The number of anilines is 1. The molecule has 3 nitrogen and oxygen atoms in total. The summed E-state index contributed by atoms with van der Waals surface area (Å²) in [7, 11) is 0. The molecule has 1 aliphatic carbocycles. The second kappa shape index (κ2) is 6.02. The van der Waals surface area contributed by atoms with Gasteiger partial charge >= 0.3 is 0 Å². The maximum atomic E-state index is 9.87. The standard InChI is InChI=1S/C18H19NO2/c1-13(21-16-7-3-2-4-8-16)19-18-9-5-6-14-10-11-15(20)12-17(14)18/h2-9,15,19-20H,1,10-12H2. The van der Waals surface area contributed by atoms with Crippen molar-refractivity contribution < 1.29 is 9.84 Å². The van der Waals surface area contributed by atoms with Gasteiger partial charge in [0.1, 0.15) is 5.75 Å². The molecule has 0 aromatic heterocycles. The normalized spacial score (nSPS) is 16.9. The number of nitrogens with one attached hydrogen (secondary N) is 1. The fourth-order valence-corrected chi connectivity index (χ4v) is 2.69. The molecular formula is C18H19NO2. The summed E-state index contributed by atoms with van der Waals surface area (Å²) >= 11 is 0. The van der Waals surface area contributed by atoms with Gasteiger partial charge in [0.25, 0.3) is 0 Å². The average Bonchev–Trinajstić information content (AvgIpc) is 2.49. The number of hydrogen-bond acceptors (Lipinski definition) is 3. The lowest BCUT2D eigenvalue weighted by molar-refractivity contribution is 0.159. The molecule has 0 heterocycles. The SMILES string of the molecule is C=C(Nc1cccc2c1CC(O)CC2)Oc1ccccc1. The van der Waals surface area contributed by atoms with Crippen LogP contribution in [0.4, 0.5) is 5.69 Å². The van der Waals surface area contributed by atoms with E-state index < -0.39 is 0 Å². The van der Waals surface area contributed by atoms with Crippen molar-refractivity contribution in [2.75, 3.05) is 5.32 Å². The molecule has 0 saturated heterocycles. The molecule has 0 aliphatic heterocycles. The largest absolute Gasteiger partial charge is 0.442 e. The molecule has 1 aliphatic rings. The minimum atomic E-state index is -0.260. The molecule has 0 radical (unpaired) electrons. The Morgan fingerprint density at radius 1 is 1.14 bits per heavy atom. The Balaban J connectivity index is 1.75. The van der Waals surface area contributed by atoms with E-state index in [1.54, 1.807) is 0 Å². The third-order valence-electron chi connectivity index (χ3n) is 3.72. The predicted molar refractivity (Wildman–Crippen MR) is 84.3 cm³/mol. The van der Waals surface area contributed by atoms with Crippen molar-refractivity contribution in [1.82, 2.24) is 0 Å². The van der Waals surface area contributed by atoms with Crippen LogP contribution in [0.3, 0.4) is 0 Å². The first-order valence-electron chi connectivity index (χ1n) is 7.20. The number of aryl methyl sites for hydroxylation is 1. The van der Waals surface area contributed by atoms with Gasteiger partial charge < -0.3 is 15.2 Å². The second-order valence-electron chi connectivity index (χ2n) is 5.30. The first-order valence-corrected chi connectivity index (χ1v) is 7.20. The smallest absolute Gasteiger partial charge is 0.190 e. The van der Waals surface area contributed by atoms with Crippen LogP contribution in [0.5, 0.6) is 5.75 Å². The van der Waals surface area contributed by atoms with Crippen molar-refractivity contribution in [3.63, 3.8) is 0 Å². The third kappa shape index (κ3) is 3.26. The van der Waals surface area contributed by atoms with Gasteiger partial charge in [-0.1, -0.05) is 30.3 Å². The topological polar surface area (TPSA) is 41.5 Å². The molecule has 2 aromatic carbocycles. The molecule has 2 aromatic rings. The molecule has 1 unspecified atom stereocenters. The van der Waals surface area contributed by atoms with Crippen LogP contribution < -0.4 is 10.1 Å². The summed E-state index contributed by atoms with van der Waals surface area (Å²) in [5.41, 5.74) is 3.42. The molecule has 2 N–H and O–H groups in total. The Morgan fingerprint density at radius 2 is 1.95 bits per heavy atom. The van der Waals surface area contributed by atoms with Crippen LogP contribution in [0.25, 0.3) is 0 Å². The van der Waals surface area contributed by atoms with Crippen LogP contribution in [0, 0.1) is 0 Å². The highest BCUT2D eigenvalue weighted by atomic mass is 16.5. The van der Waals surface area contributed by atoms with Crippen LogP contribution in [0.2, 0.25) is 0 Å². The van der Waals surface area contributed by atoms with Gasteiger partial charge in [0.15, 0.2) is 5.88 Å². The number of para-hydroxylation sites is 1. The molecule has 0 bridgehead atoms. The molecule has 1 atom stereocenters. The summed E-state index contributed by atoms with van der Waals surface area (Å²) < 4.78 is 5.67. The number of rotatable bonds is 4. The fraction of sp³-hybridized carbons (Fsp3) is 0.222. The van der Waals surface area contributed by atoms with E-state index in [0.717, 1.165) is 29.8 Å². The first-order chi connectivity index (χ1) is 10.2. The summed E-state index contributed by atoms with van der Waals surface area (Å²) in [5.74, 6) is 1.23. The number of aliphatic hydroxyl groups excluding tert-OH is 1. The Bertz CT molecular complexity index is 637. The summed E-state index contributed by atoms with van der Waals surface area (Å²) in [6.45, 7) is 3.92. The van der Waals surface area contributed by atoms with Gasteiger partial charge in [0.2, 0.25) is 0 Å². The van der Waals surface area contributed by atoms with Crippen molar-refractivity contribution in [1.29, 1.82) is 0 Å². The summed E-state index contributed by atoms with van der Waals surface area (Å²) in [6.07, 6.45) is 2.16. The van der Waals surface area contributed by atoms with Gasteiger partial charge in [-0.25, -0.2) is 0 Å². The molecule has 0 fully saturated rings. The Kier molecular flexibility index (Phi) is 3.93. The third-order valence-corrected chi connectivity index (χ3v) is 3.72. The van der Waals surface area contributed by atoms with E-state index in [4.69, 9.17) is 4.74 Å². The minimum absolute atomic E-state index is 0.260. The zero-order valence-electron chi connectivity index (χ0n) is 11.9. The minimum Gasteiger partial charge on any atom is -0.442 e. The second-order valence-corrected chi connectivity index (χ2v) is 5.30. The van der Waals surface area contributed by atoms with Crippen LogP contribution in [-0.2, 0) is 12.8 Å². The van der Waals surface area contributed by atoms with E-state index in [9.17, 15) is 5.11 Å². The number of aliphatic hydroxyl groups is 1. The maximum absolute atomic E-state index is 9.87. The highest BCUT2D eigenvalue weighted by Gasteiger charge is 2.19. The zero-order valence-corrected chi connectivity index (χ0v) is 11.9. The zero-order chi connectivity index (χ0) is 14.7. The molecule has 21 heavy (non-hydrogen) atoms. The average molecular weight is 281 g/mol. The first kappa shape index (κ1) is 13.7. The Hall–Kier alpha value is -2.26. The summed E-state index contributed by atoms with van der Waals surface area (Å²) in [6, 6.07) is 15.7. The van der Waals surface area contributed by atoms with Gasteiger partial charge in [-0.3, -0.25) is 0 Å². The van der Waals surface area contributed by atoms with Crippen molar-refractivity contribution >= 4 is 5.69 Å². The molecule has 3 heteroatoms. The molecular weight excluding hydrogens is 262 g/mol. The van der Waals surface area contributed by atoms with E-state index >= 15 is 0 Å². The lowest BCUT2D eigenvalue weighted by Crippen LogP contribution is -2.20. The highest BCUT2D eigenvalue weighted by Crippen LogP contribution is 2.29. The maximum Gasteiger partial charge on any atom is 0.190 e. The number of fused-ring (bicyclic) bond motifs is 1. The van der Waals surface area contributed by atoms with E-state index in [0.29, 0.717) is 12.3 Å². The number of hydrogen-bond donors (Lipinski definition) is 2. The highest BCUT2D eigenvalue weighted by molar-refractivity contribution is 5.58. The lowest BCUT2D eigenvalue weighted by Gasteiger charge is -2.24. The van der Waals surface area contributed by atoms with Crippen molar-refractivity contribution in [3.05, 3.63) is 72.1 Å². The van der Waals surface area contributed by atoms with Crippen LogP contribution in [-0.4, -0.2) is 11.2 Å². The molecule has 0 spiro atoms. The van der Waals surface area contributed by atoms with Gasteiger partial charge in [0.05, 0.1) is 6.10 Å². The predicted octanol–water partition coefficient (Wildman–Crippen LogP) is 3.50. The molecule has 0 saturated carbocycles. The molecule has 0 amide bonds. The number of ether oxygens (including phenoxy) is 1. The van der Waals surface area contributed by atoms with E-state index in [-0.39, 0.29) is 6.10 Å². The van der Waals surface area contributed by atoms with E-state index in [1.165, 1.54) is 5.56 Å². The quantitative estimate of drug-likeness (QED) is 0.843. The van der Waals surface area contributed by atoms with Gasteiger partial charge in [-0.05, 0) is 48.7 Å². The van der Waals surface area contributed by atoms with Crippen molar-refractivity contribution in [2.45, 2.75) is 25.4 Å². The van der Waals surface area contributed by atoms with Crippen molar-refractivity contribution in [3.8, 4) is 5.75 Å². The monoisotopic (exact) mass is 281 g/mol. The van der Waals surface area contributed by atoms with Crippen LogP contribution in [0.15, 0.2) is 61.0 Å². The Labute approximate surface area is 124 Å².